The standard InChI is InChI=1S/C19H25N3O3/c1-2-25-16-6-7-17-13(10-16)9-14(19(24)21-17)12-22-8-4-3-5-15(22)11-18(20)23/h6-7,9-10,15H,2-5,8,11-12H2,1H3,(H2,20,23)(H,21,24). The number of rotatable bonds is 6. The van der Waals surface area contributed by atoms with Crippen molar-refractivity contribution in [3.8, 4) is 5.75 Å². The van der Waals surface area contributed by atoms with Gasteiger partial charge >= 0.3 is 0 Å². The largest absolute Gasteiger partial charge is 0.494 e. The molecule has 1 aromatic heterocycles. The van der Waals surface area contributed by atoms with Crippen LogP contribution in [0.4, 0.5) is 0 Å². The van der Waals surface area contributed by atoms with Crippen LogP contribution in [0.15, 0.2) is 29.1 Å². The lowest BCUT2D eigenvalue weighted by Crippen LogP contribution is -2.42. The second-order valence-electron chi connectivity index (χ2n) is 6.60. The molecule has 1 amide bonds. The third-order valence-corrected chi connectivity index (χ3v) is 4.76. The van der Waals surface area contributed by atoms with E-state index in [-0.39, 0.29) is 17.5 Å². The smallest absolute Gasteiger partial charge is 0.252 e. The number of pyridine rings is 1. The zero-order valence-electron chi connectivity index (χ0n) is 14.6. The summed E-state index contributed by atoms with van der Waals surface area (Å²) in [6, 6.07) is 7.70. The molecule has 0 spiro atoms. The van der Waals surface area contributed by atoms with Gasteiger partial charge in [0.2, 0.25) is 5.91 Å². The average Bonchev–Trinajstić information content (AvgIpc) is 2.57. The normalized spacial score (nSPS) is 18.4. The number of hydrogen-bond acceptors (Lipinski definition) is 4. The van der Waals surface area contributed by atoms with Gasteiger partial charge in [0, 0.05) is 35.5 Å². The lowest BCUT2D eigenvalue weighted by Gasteiger charge is -2.35. The molecule has 2 heterocycles. The number of aromatic nitrogens is 1. The van der Waals surface area contributed by atoms with Gasteiger partial charge in [-0.25, -0.2) is 0 Å². The van der Waals surface area contributed by atoms with E-state index in [2.05, 4.69) is 9.88 Å². The minimum atomic E-state index is -0.286. The van der Waals surface area contributed by atoms with Crippen molar-refractivity contribution in [2.75, 3.05) is 13.2 Å². The Balaban J connectivity index is 1.87. The fourth-order valence-corrected chi connectivity index (χ4v) is 3.55. The zero-order chi connectivity index (χ0) is 17.8. The van der Waals surface area contributed by atoms with Gasteiger partial charge < -0.3 is 15.5 Å². The van der Waals surface area contributed by atoms with E-state index in [0.29, 0.717) is 25.1 Å². The minimum Gasteiger partial charge on any atom is -0.494 e. The molecular weight excluding hydrogens is 318 g/mol. The van der Waals surface area contributed by atoms with Gasteiger partial charge in [-0.3, -0.25) is 14.5 Å². The van der Waals surface area contributed by atoms with Gasteiger partial charge in [0.25, 0.3) is 5.56 Å². The lowest BCUT2D eigenvalue weighted by atomic mass is 9.98. The summed E-state index contributed by atoms with van der Waals surface area (Å²) in [6.07, 6.45) is 3.47. The Morgan fingerprint density at radius 2 is 2.20 bits per heavy atom. The molecule has 0 aliphatic carbocycles. The molecule has 0 radical (unpaired) electrons. The van der Waals surface area contributed by atoms with Crippen LogP contribution in [0.5, 0.6) is 5.75 Å². The molecule has 0 bridgehead atoms. The third-order valence-electron chi connectivity index (χ3n) is 4.76. The van der Waals surface area contributed by atoms with Crippen molar-refractivity contribution in [1.29, 1.82) is 0 Å². The summed E-state index contributed by atoms with van der Waals surface area (Å²) in [4.78, 5) is 28.9. The van der Waals surface area contributed by atoms with Gasteiger partial charge in [-0.15, -0.1) is 0 Å². The van der Waals surface area contributed by atoms with E-state index in [1.165, 1.54) is 0 Å². The number of carbonyl (C=O) groups excluding carboxylic acids is 1. The maximum absolute atomic E-state index is 12.4. The van der Waals surface area contributed by atoms with Crippen molar-refractivity contribution in [2.45, 2.75) is 45.2 Å². The SMILES string of the molecule is CCOc1ccc2[nH]c(=O)c(CN3CCCCC3CC(N)=O)cc2c1. The number of hydrogen-bond donors (Lipinski definition) is 2. The van der Waals surface area contributed by atoms with E-state index in [1.807, 2.05) is 31.2 Å². The number of nitrogens with two attached hydrogens (primary N) is 1. The molecule has 1 aliphatic heterocycles. The molecule has 1 fully saturated rings. The Hall–Kier alpha value is -2.34. The number of H-pyrrole nitrogens is 1. The number of amides is 1. The summed E-state index contributed by atoms with van der Waals surface area (Å²) in [5.41, 5.74) is 6.80. The second kappa shape index (κ2) is 7.70. The van der Waals surface area contributed by atoms with Crippen molar-refractivity contribution in [3.63, 3.8) is 0 Å². The number of nitrogens with one attached hydrogen (secondary N) is 1. The molecule has 25 heavy (non-hydrogen) atoms. The van der Waals surface area contributed by atoms with E-state index in [0.717, 1.165) is 42.5 Å². The highest BCUT2D eigenvalue weighted by Crippen LogP contribution is 2.23. The Morgan fingerprint density at radius 3 is 2.96 bits per heavy atom. The van der Waals surface area contributed by atoms with Gasteiger partial charge in [0.15, 0.2) is 0 Å². The summed E-state index contributed by atoms with van der Waals surface area (Å²) in [5, 5.41) is 0.948. The number of primary amides is 1. The Morgan fingerprint density at radius 1 is 1.36 bits per heavy atom. The summed E-state index contributed by atoms with van der Waals surface area (Å²) >= 11 is 0. The summed E-state index contributed by atoms with van der Waals surface area (Å²) in [5.74, 6) is 0.503. The first-order chi connectivity index (χ1) is 12.1. The molecule has 6 heteroatoms. The first kappa shape index (κ1) is 17.5. The molecule has 6 nitrogen and oxygen atoms in total. The first-order valence-electron chi connectivity index (χ1n) is 8.88. The molecular formula is C19H25N3O3. The van der Waals surface area contributed by atoms with Gasteiger partial charge in [-0.2, -0.15) is 0 Å². The molecule has 3 N–H and O–H groups in total. The number of benzene rings is 1. The molecule has 1 atom stereocenters. The average molecular weight is 343 g/mol. The quantitative estimate of drug-likeness (QED) is 0.841. The molecule has 134 valence electrons. The van der Waals surface area contributed by atoms with Crippen molar-refractivity contribution in [2.24, 2.45) is 5.73 Å². The molecule has 1 aliphatic rings. The number of nitrogens with zero attached hydrogens (tertiary/aromatic N) is 1. The van der Waals surface area contributed by atoms with Gasteiger partial charge in [0.05, 0.1) is 6.61 Å². The zero-order valence-corrected chi connectivity index (χ0v) is 14.6. The minimum absolute atomic E-state index is 0.0833. The number of aromatic amines is 1. The summed E-state index contributed by atoms with van der Waals surface area (Å²) < 4.78 is 5.54. The third kappa shape index (κ3) is 4.20. The fourth-order valence-electron chi connectivity index (χ4n) is 3.55. The van der Waals surface area contributed by atoms with Crippen molar-refractivity contribution < 1.29 is 9.53 Å². The van der Waals surface area contributed by atoms with Gasteiger partial charge in [0.1, 0.15) is 5.75 Å². The van der Waals surface area contributed by atoms with Crippen LogP contribution in [-0.2, 0) is 11.3 Å². The Kier molecular flexibility index (Phi) is 5.38. The van der Waals surface area contributed by atoms with Crippen LogP contribution >= 0.6 is 0 Å². The van der Waals surface area contributed by atoms with Crippen LogP contribution in [0, 0.1) is 0 Å². The maximum atomic E-state index is 12.4. The highest BCUT2D eigenvalue weighted by atomic mass is 16.5. The van der Waals surface area contributed by atoms with Crippen molar-refractivity contribution >= 4 is 16.8 Å². The van der Waals surface area contributed by atoms with Crippen LogP contribution in [0.25, 0.3) is 10.9 Å². The monoisotopic (exact) mass is 343 g/mol. The van der Waals surface area contributed by atoms with Crippen LogP contribution in [-0.4, -0.2) is 35.0 Å². The lowest BCUT2D eigenvalue weighted by molar-refractivity contribution is -0.119. The second-order valence-corrected chi connectivity index (χ2v) is 6.60. The topological polar surface area (TPSA) is 88.4 Å². The number of fused-ring (bicyclic) bond motifs is 1. The van der Waals surface area contributed by atoms with E-state index < -0.39 is 0 Å². The summed E-state index contributed by atoms with van der Waals surface area (Å²) in [6.45, 7) is 3.96. The van der Waals surface area contributed by atoms with Crippen LogP contribution in [0.1, 0.15) is 38.2 Å². The van der Waals surface area contributed by atoms with E-state index in [9.17, 15) is 9.59 Å². The maximum Gasteiger partial charge on any atom is 0.252 e. The number of carbonyl (C=O) groups is 1. The Labute approximate surface area is 147 Å². The van der Waals surface area contributed by atoms with Crippen LogP contribution in [0.2, 0.25) is 0 Å². The van der Waals surface area contributed by atoms with Crippen LogP contribution < -0.4 is 16.0 Å². The molecule has 3 rings (SSSR count). The Bertz CT molecular complexity index is 815. The summed E-state index contributed by atoms with van der Waals surface area (Å²) in [7, 11) is 0. The first-order valence-corrected chi connectivity index (χ1v) is 8.88. The number of ether oxygens (including phenoxy) is 1. The van der Waals surface area contributed by atoms with E-state index >= 15 is 0 Å². The molecule has 0 saturated carbocycles. The molecule has 2 aromatic rings. The molecule has 1 unspecified atom stereocenters. The number of piperidine rings is 1. The predicted molar refractivity (Wildman–Crippen MR) is 97.6 cm³/mol. The highest BCUT2D eigenvalue weighted by Gasteiger charge is 2.24. The highest BCUT2D eigenvalue weighted by molar-refractivity contribution is 5.80. The molecule has 1 aromatic carbocycles. The molecule has 1 saturated heterocycles. The number of likely N-dealkylation sites (tertiary alicyclic amines) is 1. The fraction of sp³-hybridized carbons (Fsp3) is 0.474. The van der Waals surface area contributed by atoms with Gasteiger partial charge in [-0.05, 0) is 50.6 Å². The van der Waals surface area contributed by atoms with Crippen LogP contribution in [0.3, 0.4) is 0 Å². The predicted octanol–water partition coefficient (Wildman–Crippen LogP) is 2.16. The van der Waals surface area contributed by atoms with Crippen molar-refractivity contribution in [1.82, 2.24) is 9.88 Å². The van der Waals surface area contributed by atoms with Crippen molar-refractivity contribution in [3.05, 3.63) is 40.2 Å². The van der Waals surface area contributed by atoms with Gasteiger partial charge in [-0.1, -0.05) is 6.42 Å². The van der Waals surface area contributed by atoms with E-state index in [4.69, 9.17) is 10.5 Å². The van der Waals surface area contributed by atoms with E-state index in [1.54, 1.807) is 0 Å².